The molecule has 0 aliphatic carbocycles. The zero-order valence-corrected chi connectivity index (χ0v) is 13.7. The second-order valence-corrected chi connectivity index (χ2v) is 5.46. The molecule has 0 amide bonds. The monoisotopic (exact) mass is 339 g/mol. The predicted molar refractivity (Wildman–Crippen MR) is 92.2 cm³/mol. The standard InChI is InChI=1S/C18H17N3O4/c1-2-3-11-24-16-9-7-13(8-10-16)18-19-17(20-25-18)14-5-4-6-15(12-14)21(22)23/h4-10,12H,2-3,11H2,1H3. The molecule has 3 aromatic rings. The Hall–Kier alpha value is -3.22. The van der Waals surface area contributed by atoms with Crippen LogP contribution in [-0.2, 0) is 0 Å². The maximum Gasteiger partial charge on any atom is 0.270 e. The zero-order valence-electron chi connectivity index (χ0n) is 13.7. The van der Waals surface area contributed by atoms with Crippen LogP contribution in [0.15, 0.2) is 53.1 Å². The number of benzene rings is 2. The molecule has 0 bridgehead atoms. The fourth-order valence-corrected chi connectivity index (χ4v) is 2.24. The second kappa shape index (κ2) is 7.57. The summed E-state index contributed by atoms with van der Waals surface area (Å²) in [6, 6.07) is 13.5. The summed E-state index contributed by atoms with van der Waals surface area (Å²) < 4.78 is 10.9. The number of hydrogen-bond donors (Lipinski definition) is 0. The van der Waals surface area contributed by atoms with Crippen molar-refractivity contribution in [1.29, 1.82) is 0 Å². The van der Waals surface area contributed by atoms with E-state index in [1.807, 2.05) is 24.3 Å². The predicted octanol–water partition coefficient (Wildman–Crippen LogP) is 4.49. The Labute approximate surface area is 144 Å². The van der Waals surface area contributed by atoms with E-state index in [-0.39, 0.29) is 5.69 Å². The molecule has 0 N–H and O–H groups in total. The lowest BCUT2D eigenvalue weighted by Crippen LogP contribution is -1.95. The molecule has 0 atom stereocenters. The minimum Gasteiger partial charge on any atom is -0.494 e. The van der Waals surface area contributed by atoms with E-state index >= 15 is 0 Å². The summed E-state index contributed by atoms with van der Waals surface area (Å²) in [5.41, 5.74) is 1.27. The molecule has 3 rings (SSSR count). The van der Waals surface area contributed by atoms with Crippen LogP contribution < -0.4 is 4.74 Å². The van der Waals surface area contributed by atoms with E-state index in [1.165, 1.54) is 12.1 Å². The summed E-state index contributed by atoms with van der Waals surface area (Å²) in [7, 11) is 0. The highest BCUT2D eigenvalue weighted by atomic mass is 16.6. The number of nitro benzene ring substituents is 1. The quantitative estimate of drug-likeness (QED) is 0.358. The van der Waals surface area contributed by atoms with Crippen LogP contribution in [0.5, 0.6) is 5.75 Å². The molecule has 0 radical (unpaired) electrons. The number of unbranched alkanes of at least 4 members (excludes halogenated alkanes) is 1. The van der Waals surface area contributed by atoms with Gasteiger partial charge in [0, 0.05) is 23.3 Å². The molecule has 1 aromatic heterocycles. The summed E-state index contributed by atoms with van der Waals surface area (Å²) in [6.07, 6.45) is 2.10. The molecule has 0 aliphatic heterocycles. The molecular weight excluding hydrogens is 322 g/mol. The first-order valence-electron chi connectivity index (χ1n) is 7.99. The molecular formula is C18H17N3O4. The molecule has 0 unspecified atom stereocenters. The molecule has 0 fully saturated rings. The third-order valence-electron chi connectivity index (χ3n) is 3.61. The Morgan fingerprint density at radius 2 is 1.96 bits per heavy atom. The lowest BCUT2D eigenvalue weighted by Gasteiger charge is -2.04. The largest absolute Gasteiger partial charge is 0.494 e. The molecule has 0 aliphatic rings. The van der Waals surface area contributed by atoms with E-state index in [2.05, 4.69) is 17.1 Å². The average molecular weight is 339 g/mol. The van der Waals surface area contributed by atoms with E-state index in [4.69, 9.17) is 9.26 Å². The summed E-state index contributed by atoms with van der Waals surface area (Å²) in [5, 5.41) is 14.8. The number of nitro groups is 1. The van der Waals surface area contributed by atoms with Crippen LogP contribution in [-0.4, -0.2) is 21.7 Å². The fraction of sp³-hybridized carbons (Fsp3) is 0.222. The van der Waals surface area contributed by atoms with Crippen molar-refractivity contribution in [2.24, 2.45) is 0 Å². The van der Waals surface area contributed by atoms with Crippen LogP contribution in [0.1, 0.15) is 19.8 Å². The summed E-state index contributed by atoms with van der Waals surface area (Å²) >= 11 is 0. The third kappa shape index (κ3) is 4.00. The van der Waals surface area contributed by atoms with Gasteiger partial charge in [0.2, 0.25) is 5.82 Å². The molecule has 0 spiro atoms. The van der Waals surface area contributed by atoms with Gasteiger partial charge in [0.1, 0.15) is 5.75 Å². The van der Waals surface area contributed by atoms with Gasteiger partial charge in [0.05, 0.1) is 11.5 Å². The second-order valence-electron chi connectivity index (χ2n) is 5.46. The maximum atomic E-state index is 10.9. The van der Waals surface area contributed by atoms with Crippen LogP contribution in [0.3, 0.4) is 0 Å². The van der Waals surface area contributed by atoms with Crippen LogP contribution in [0.2, 0.25) is 0 Å². The van der Waals surface area contributed by atoms with E-state index in [1.54, 1.807) is 12.1 Å². The highest BCUT2D eigenvalue weighted by Gasteiger charge is 2.13. The minimum absolute atomic E-state index is 0.0163. The Balaban J connectivity index is 1.77. The number of hydrogen-bond acceptors (Lipinski definition) is 6. The highest BCUT2D eigenvalue weighted by Crippen LogP contribution is 2.26. The minimum atomic E-state index is -0.457. The topological polar surface area (TPSA) is 91.3 Å². The molecule has 128 valence electrons. The van der Waals surface area contributed by atoms with Gasteiger partial charge in [-0.05, 0) is 30.7 Å². The molecule has 7 heteroatoms. The summed E-state index contributed by atoms with van der Waals surface area (Å²) in [6.45, 7) is 2.80. The molecule has 0 saturated heterocycles. The van der Waals surface area contributed by atoms with E-state index in [0.717, 1.165) is 24.2 Å². The first-order valence-corrected chi connectivity index (χ1v) is 7.99. The number of non-ortho nitro benzene ring substituents is 1. The van der Waals surface area contributed by atoms with Crippen molar-refractivity contribution in [2.75, 3.05) is 6.61 Å². The lowest BCUT2D eigenvalue weighted by molar-refractivity contribution is -0.384. The lowest BCUT2D eigenvalue weighted by atomic mass is 10.2. The van der Waals surface area contributed by atoms with Crippen LogP contribution in [0.25, 0.3) is 22.8 Å². The van der Waals surface area contributed by atoms with Crippen LogP contribution in [0, 0.1) is 10.1 Å². The Morgan fingerprint density at radius 3 is 2.68 bits per heavy atom. The molecule has 25 heavy (non-hydrogen) atoms. The van der Waals surface area contributed by atoms with Crippen molar-refractivity contribution in [3.63, 3.8) is 0 Å². The number of nitrogens with zero attached hydrogens (tertiary/aromatic N) is 3. The average Bonchev–Trinajstić information content (AvgIpc) is 3.13. The molecule has 7 nitrogen and oxygen atoms in total. The van der Waals surface area contributed by atoms with Crippen molar-refractivity contribution in [2.45, 2.75) is 19.8 Å². The Bertz CT molecular complexity index is 859. The molecule has 1 heterocycles. The van der Waals surface area contributed by atoms with Gasteiger partial charge in [-0.25, -0.2) is 0 Å². The Morgan fingerprint density at radius 1 is 1.16 bits per heavy atom. The highest BCUT2D eigenvalue weighted by molar-refractivity contribution is 5.62. The van der Waals surface area contributed by atoms with Gasteiger partial charge >= 0.3 is 0 Å². The van der Waals surface area contributed by atoms with Crippen molar-refractivity contribution in [1.82, 2.24) is 10.1 Å². The maximum absolute atomic E-state index is 10.9. The fourth-order valence-electron chi connectivity index (χ4n) is 2.24. The van der Waals surface area contributed by atoms with Crippen molar-refractivity contribution in [3.05, 3.63) is 58.6 Å². The van der Waals surface area contributed by atoms with Gasteiger partial charge in [-0.15, -0.1) is 0 Å². The number of rotatable bonds is 7. The van der Waals surface area contributed by atoms with Gasteiger partial charge in [0.15, 0.2) is 0 Å². The number of aromatic nitrogens is 2. The first kappa shape index (κ1) is 16.6. The van der Waals surface area contributed by atoms with E-state index < -0.39 is 4.92 Å². The van der Waals surface area contributed by atoms with Crippen molar-refractivity contribution >= 4 is 5.69 Å². The van der Waals surface area contributed by atoms with Gasteiger partial charge < -0.3 is 9.26 Å². The zero-order chi connectivity index (χ0) is 17.6. The SMILES string of the molecule is CCCCOc1ccc(-c2nc(-c3cccc([N+](=O)[O-])c3)no2)cc1. The van der Waals surface area contributed by atoms with Gasteiger partial charge in [-0.2, -0.15) is 4.98 Å². The normalized spacial score (nSPS) is 10.6. The van der Waals surface area contributed by atoms with Crippen molar-refractivity contribution < 1.29 is 14.2 Å². The van der Waals surface area contributed by atoms with E-state index in [0.29, 0.717) is 23.9 Å². The smallest absolute Gasteiger partial charge is 0.270 e. The summed E-state index contributed by atoms with van der Waals surface area (Å²) in [4.78, 5) is 14.7. The Kier molecular flexibility index (Phi) is 5.03. The van der Waals surface area contributed by atoms with Crippen molar-refractivity contribution in [3.8, 4) is 28.6 Å². The first-order chi connectivity index (χ1) is 12.2. The van der Waals surface area contributed by atoms with Gasteiger partial charge in [-0.1, -0.05) is 30.6 Å². The van der Waals surface area contributed by atoms with Crippen LogP contribution in [0.4, 0.5) is 5.69 Å². The number of ether oxygens (including phenoxy) is 1. The third-order valence-corrected chi connectivity index (χ3v) is 3.61. The van der Waals surface area contributed by atoms with Gasteiger partial charge in [-0.3, -0.25) is 10.1 Å². The molecule has 0 saturated carbocycles. The van der Waals surface area contributed by atoms with E-state index in [9.17, 15) is 10.1 Å². The van der Waals surface area contributed by atoms with Gasteiger partial charge in [0.25, 0.3) is 11.6 Å². The summed E-state index contributed by atoms with van der Waals surface area (Å²) in [5.74, 6) is 1.44. The molecule has 2 aromatic carbocycles. The van der Waals surface area contributed by atoms with Crippen LogP contribution >= 0.6 is 0 Å².